The summed E-state index contributed by atoms with van der Waals surface area (Å²) in [5, 5.41) is 3.76. The monoisotopic (exact) mass is 421 g/mol. The summed E-state index contributed by atoms with van der Waals surface area (Å²) in [6.45, 7) is 8.98. The van der Waals surface area contributed by atoms with Crippen LogP contribution in [0.5, 0.6) is 0 Å². The van der Waals surface area contributed by atoms with Gasteiger partial charge in [-0.25, -0.2) is 4.98 Å². The van der Waals surface area contributed by atoms with Crippen LogP contribution < -0.4 is 5.32 Å². The van der Waals surface area contributed by atoms with E-state index in [-0.39, 0.29) is 5.91 Å². The fraction of sp³-hybridized carbons (Fsp3) is 0.368. The Labute approximate surface area is 162 Å². The van der Waals surface area contributed by atoms with Crippen molar-refractivity contribution >= 4 is 33.6 Å². The Morgan fingerprint density at radius 1 is 1.24 bits per heavy atom. The van der Waals surface area contributed by atoms with Crippen molar-refractivity contribution in [2.24, 2.45) is 0 Å². The highest BCUT2D eigenvalue weighted by atomic mass is 79.9. The van der Waals surface area contributed by atoms with Crippen LogP contribution in [0.25, 0.3) is 0 Å². The molecule has 0 aliphatic carbocycles. The van der Waals surface area contributed by atoms with Crippen LogP contribution in [-0.4, -0.2) is 41.5 Å². The van der Waals surface area contributed by atoms with Crippen LogP contribution in [0.3, 0.4) is 0 Å². The summed E-state index contributed by atoms with van der Waals surface area (Å²) in [5.41, 5.74) is 0.613. The normalized spacial score (nSPS) is 12.2. The summed E-state index contributed by atoms with van der Waals surface area (Å²) in [6.07, 6.45) is 1.72. The van der Waals surface area contributed by atoms with Gasteiger partial charge in [0, 0.05) is 28.2 Å². The summed E-state index contributed by atoms with van der Waals surface area (Å²) in [4.78, 5) is 20.4. The smallest absolute Gasteiger partial charge is 0.254 e. The number of nitrogens with one attached hydrogen (secondary N) is 1. The molecule has 134 valence electrons. The van der Waals surface area contributed by atoms with Crippen LogP contribution in [0.15, 0.2) is 57.0 Å². The maximum absolute atomic E-state index is 12.6. The van der Waals surface area contributed by atoms with Crippen LogP contribution in [0.1, 0.15) is 31.1 Å². The molecule has 1 N–H and O–H groups in total. The zero-order valence-electron chi connectivity index (χ0n) is 14.8. The van der Waals surface area contributed by atoms with Crippen molar-refractivity contribution in [3.63, 3.8) is 0 Å². The first-order valence-electron chi connectivity index (χ1n) is 8.45. The van der Waals surface area contributed by atoms with Gasteiger partial charge in [0.25, 0.3) is 5.91 Å². The van der Waals surface area contributed by atoms with E-state index in [0.717, 1.165) is 27.5 Å². The number of rotatable bonds is 8. The van der Waals surface area contributed by atoms with Crippen molar-refractivity contribution < 1.29 is 4.79 Å². The van der Waals surface area contributed by atoms with Crippen molar-refractivity contribution in [3.05, 3.63) is 52.6 Å². The zero-order chi connectivity index (χ0) is 18.2. The molecule has 2 rings (SSSR count). The maximum atomic E-state index is 12.6. The second-order valence-electron chi connectivity index (χ2n) is 5.69. The van der Waals surface area contributed by atoms with Gasteiger partial charge in [-0.2, -0.15) is 0 Å². The minimum atomic E-state index is -0.0771. The number of pyridine rings is 1. The number of benzene rings is 1. The first-order valence-corrected chi connectivity index (χ1v) is 10.1. The van der Waals surface area contributed by atoms with E-state index in [1.807, 2.05) is 30.3 Å². The Morgan fingerprint density at radius 3 is 2.56 bits per heavy atom. The van der Waals surface area contributed by atoms with Crippen molar-refractivity contribution in [2.75, 3.05) is 19.6 Å². The SMILES string of the molecule is CCN(CC)C(C)CNC(=O)c1cccnc1Sc1ccc(Br)cc1. The lowest BCUT2D eigenvalue weighted by atomic mass is 10.2. The second kappa shape index (κ2) is 9.94. The number of nitrogens with zero attached hydrogens (tertiary/aromatic N) is 2. The summed E-state index contributed by atoms with van der Waals surface area (Å²) in [6, 6.07) is 11.9. The van der Waals surface area contributed by atoms with Gasteiger partial charge in [-0.15, -0.1) is 0 Å². The molecule has 0 saturated heterocycles. The quantitative estimate of drug-likeness (QED) is 0.683. The first-order chi connectivity index (χ1) is 12.0. The average molecular weight is 422 g/mol. The molecule has 0 aliphatic rings. The highest BCUT2D eigenvalue weighted by molar-refractivity contribution is 9.10. The third kappa shape index (κ3) is 5.83. The molecule has 0 fully saturated rings. The minimum Gasteiger partial charge on any atom is -0.350 e. The highest BCUT2D eigenvalue weighted by Gasteiger charge is 2.16. The number of carbonyl (C=O) groups excluding carboxylic acids is 1. The number of hydrogen-bond donors (Lipinski definition) is 1. The Hall–Kier alpha value is -1.37. The summed E-state index contributed by atoms with van der Waals surface area (Å²) >= 11 is 4.93. The topological polar surface area (TPSA) is 45.2 Å². The zero-order valence-corrected chi connectivity index (χ0v) is 17.2. The number of halogens is 1. The summed E-state index contributed by atoms with van der Waals surface area (Å²) < 4.78 is 1.03. The molecular weight excluding hydrogens is 398 g/mol. The van der Waals surface area contributed by atoms with Crippen LogP contribution >= 0.6 is 27.7 Å². The van der Waals surface area contributed by atoms with E-state index in [1.165, 1.54) is 11.8 Å². The van der Waals surface area contributed by atoms with Crippen LogP contribution in [0.4, 0.5) is 0 Å². The molecule has 2 aromatic rings. The van der Waals surface area contributed by atoms with Crippen molar-refractivity contribution in [1.82, 2.24) is 15.2 Å². The minimum absolute atomic E-state index is 0.0771. The standard InChI is InChI=1S/C19H24BrN3OS/c1-4-23(5-2)14(3)13-22-18(24)17-7-6-12-21-19(17)25-16-10-8-15(20)9-11-16/h6-12,14H,4-5,13H2,1-3H3,(H,22,24). The molecule has 1 aromatic carbocycles. The molecule has 1 amide bonds. The van der Waals surface area contributed by atoms with Gasteiger partial charge in [-0.1, -0.05) is 41.5 Å². The molecular formula is C19H24BrN3OS. The van der Waals surface area contributed by atoms with E-state index < -0.39 is 0 Å². The highest BCUT2D eigenvalue weighted by Crippen LogP contribution is 2.29. The van der Waals surface area contributed by atoms with Gasteiger partial charge in [0.15, 0.2) is 0 Å². The Balaban J connectivity index is 2.06. The molecule has 0 bridgehead atoms. The molecule has 1 heterocycles. The predicted octanol–water partition coefficient (Wildman–Crippen LogP) is 4.46. The second-order valence-corrected chi connectivity index (χ2v) is 7.67. The van der Waals surface area contributed by atoms with Crippen molar-refractivity contribution in [3.8, 4) is 0 Å². The lowest BCUT2D eigenvalue weighted by Crippen LogP contribution is -2.42. The molecule has 25 heavy (non-hydrogen) atoms. The molecule has 1 atom stereocenters. The van der Waals surface area contributed by atoms with Crippen LogP contribution in [0, 0.1) is 0 Å². The number of aromatic nitrogens is 1. The Kier molecular flexibility index (Phi) is 7.93. The molecule has 1 unspecified atom stereocenters. The van der Waals surface area contributed by atoms with Gasteiger partial charge in [0.05, 0.1) is 5.56 Å². The lowest BCUT2D eigenvalue weighted by Gasteiger charge is -2.26. The Morgan fingerprint density at radius 2 is 1.92 bits per heavy atom. The lowest BCUT2D eigenvalue weighted by molar-refractivity contribution is 0.0934. The summed E-state index contributed by atoms with van der Waals surface area (Å²) in [7, 11) is 0. The van der Waals surface area contributed by atoms with Gasteiger partial charge < -0.3 is 5.32 Å². The maximum Gasteiger partial charge on any atom is 0.254 e. The molecule has 0 saturated carbocycles. The molecule has 1 aromatic heterocycles. The number of carbonyl (C=O) groups is 1. The third-order valence-corrected chi connectivity index (χ3v) is 5.59. The number of amides is 1. The molecule has 0 radical (unpaired) electrons. The van der Waals surface area contributed by atoms with Gasteiger partial charge in [0.1, 0.15) is 5.03 Å². The van der Waals surface area contributed by atoms with Gasteiger partial charge in [-0.3, -0.25) is 9.69 Å². The fourth-order valence-corrected chi connectivity index (χ4v) is 3.71. The van der Waals surface area contributed by atoms with Crippen molar-refractivity contribution in [1.29, 1.82) is 0 Å². The van der Waals surface area contributed by atoms with E-state index in [1.54, 1.807) is 12.3 Å². The largest absolute Gasteiger partial charge is 0.350 e. The van der Waals surface area contributed by atoms with E-state index in [4.69, 9.17) is 0 Å². The predicted molar refractivity (Wildman–Crippen MR) is 107 cm³/mol. The number of hydrogen-bond acceptors (Lipinski definition) is 4. The Bertz CT molecular complexity index is 689. The first kappa shape index (κ1) is 19.9. The number of likely N-dealkylation sites (N-methyl/N-ethyl adjacent to an activating group) is 1. The van der Waals surface area contributed by atoms with Gasteiger partial charge in [0.2, 0.25) is 0 Å². The van der Waals surface area contributed by atoms with Gasteiger partial charge >= 0.3 is 0 Å². The molecule has 0 aliphatic heterocycles. The van der Waals surface area contributed by atoms with E-state index in [2.05, 4.69) is 51.9 Å². The third-order valence-electron chi connectivity index (χ3n) is 4.04. The van der Waals surface area contributed by atoms with Crippen molar-refractivity contribution in [2.45, 2.75) is 36.7 Å². The van der Waals surface area contributed by atoms with E-state index >= 15 is 0 Å². The molecule has 0 spiro atoms. The van der Waals surface area contributed by atoms with E-state index in [9.17, 15) is 4.79 Å². The average Bonchev–Trinajstić information content (AvgIpc) is 2.63. The van der Waals surface area contributed by atoms with E-state index in [0.29, 0.717) is 18.2 Å². The molecule has 4 nitrogen and oxygen atoms in total. The molecule has 6 heteroatoms. The summed E-state index contributed by atoms with van der Waals surface area (Å²) in [5.74, 6) is -0.0771. The van der Waals surface area contributed by atoms with Gasteiger partial charge in [-0.05, 0) is 56.4 Å². The van der Waals surface area contributed by atoms with Crippen LogP contribution in [-0.2, 0) is 0 Å². The fourth-order valence-electron chi connectivity index (χ4n) is 2.57. The van der Waals surface area contributed by atoms with Crippen LogP contribution in [0.2, 0.25) is 0 Å².